The van der Waals surface area contributed by atoms with Gasteiger partial charge in [0.25, 0.3) is 5.91 Å². The van der Waals surface area contributed by atoms with Gasteiger partial charge in [-0.15, -0.1) is 11.3 Å². The Hall–Kier alpha value is -2.37. The van der Waals surface area contributed by atoms with Gasteiger partial charge in [0.15, 0.2) is 0 Å². The van der Waals surface area contributed by atoms with Crippen molar-refractivity contribution in [1.29, 1.82) is 0 Å². The van der Waals surface area contributed by atoms with E-state index in [1.807, 2.05) is 6.92 Å². The van der Waals surface area contributed by atoms with Crippen LogP contribution in [0.3, 0.4) is 0 Å². The second-order valence-corrected chi connectivity index (χ2v) is 9.81. The van der Waals surface area contributed by atoms with Crippen LogP contribution in [-0.4, -0.2) is 44.0 Å². The maximum absolute atomic E-state index is 13.4. The van der Waals surface area contributed by atoms with E-state index in [1.54, 1.807) is 11.3 Å². The minimum Gasteiger partial charge on any atom is -0.369 e. The van der Waals surface area contributed by atoms with Gasteiger partial charge in [0.2, 0.25) is 0 Å². The summed E-state index contributed by atoms with van der Waals surface area (Å²) in [6.45, 7) is 8.32. The molecule has 0 radical (unpaired) electrons. The van der Waals surface area contributed by atoms with Gasteiger partial charge in [-0.3, -0.25) is 4.79 Å². The van der Waals surface area contributed by atoms with Crippen molar-refractivity contribution in [3.05, 3.63) is 64.0 Å². The molecule has 30 heavy (non-hydrogen) atoms. The highest BCUT2D eigenvalue weighted by atomic mass is 32.1. The second kappa shape index (κ2) is 7.40. The smallest absolute Gasteiger partial charge is 0.252 e. The lowest BCUT2D eigenvalue weighted by Gasteiger charge is -2.34. The summed E-state index contributed by atoms with van der Waals surface area (Å²) < 4.78 is 1.33. The van der Waals surface area contributed by atoms with Crippen molar-refractivity contribution in [1.82, 2.24) is 10.2 Å². The van der Waals surface area contributed by atoms with Crippen molar-refractivity contribution in [2.75, 3.05) is 38.1 Å². The van der Waals surface area contributed by atoms with Gasteiger partial charge >= 0.3 is 0 Å². The van der Waals surface area contributed by atoms with Crippen molar-refractivity contribution in [3.8, 4) is 0 Å². The molecule has 1 saturated heterocycles. The lowest BCUT2D eigenvalue weighted by Crippen LogP contribution is -2.44. The third-order valence-corrected chi connectivity index (χ3v) is 7.88. The molecule has 1 aliphatic carbocycles. The summed E-state index contributed by atoms with van der Waals surface area (Å²) in [5, 5.41) is 6.96. The van der Waals surface area contributed by atoms with E-state index in [2.05, 4.69) is 70.9 Å². The minimum atomic E-state index is -0.209. The lowest BCUT2D eigenvalue weighted by molar-refractivity contribution is 0.0930. The Balaban J connectivity index is 1.41. The number of nitrogens with one attached hydrogen (secondary N) is 1. The highest BCUT2D eigenvalue weighted by Gasteiger charge is 2.47. The summed E-state index contributed by atoms with van der Waals surface area (Å²) in [6.07, 6.45) is 2.02. The molecule has 0 bridgehead atoms. The third-order valence-electron chi connectivity index (χ3n) is 6.75. The molecule has 1 aliphatic heterocycles. The normalized spacial score (nSPS) is 18.6. The average molecular weight is 420 g/mol. The molecule has 2 fully saturated rings. The summed E-state index contributed by atoms with van der Waals surface area (Å²) in [5.41, 5.74) is 5.37. The quantitative estimate of drug-likeness (QED) is 0.666. The summed E-state index contributed by atoms with van der Waals surface area (Å²) >= 11 is 1.79. The number of carbonyl (C=O) groups excluding carboxylic acids is 1. The standard InChI is InChI=1S/C25H29N3OS/c1-17-7-8-19(28-13-11-27(3)12-14-28)15-21(17)24(29)26-25(9-10-25)22-16-30-23-18(2)5-4-6-20(22)23/h4-8,15-16H,9-14H2,1-3H3,(H,26,29). The average Bonchev–Trinajstić information content (AvgIpc) is 3.36. The van der Waals surface area contributed by atoms with Gasteiger partial charge in [-0.05, 0) is 73.3 Å². The number of carbonyl (C=O) groups is 1. The van der Waals surface area contributed by atoms with Crippen LogP contribution in [0.2, 0.25) is 0 Å². The van der Waals surface area contributed by atoms with E-state index in [4.69, 9.17) is 0 Å². The topological polar surface area (TPSA) is 35.6 Å². The number of nitrogens with zero attached hydrogens (tertiary/aromatic N) is 2. The first-order chi connectivity index (χ1) is 14.5. The SMILES string of the molecule is Cc1ccc(N2CCN(C)CC2)cc1C(=O)NC1(c2csc3c(C)cccc23)CC1. The lowest BCUT2D eigenvalue weighted by atomic mass is 10.0. The second-order valence-electron chi connectivity index (χ2n) is 8.93. The Bertz CT molecular complexity index is 1110. The maximum atomic E-state index is 13.4. The van der Waals surface area contributed by atoms with Gasteiger partial charge < -0.3 is 15.1 Å². The summed E-state index contributed by atoms with van der Waals surface area (Å²) in [6, 6.07) is 12.8. The van der Waals surface area contributed by atoms with Crippen LogP contribution in [-0.2, 0) is 5.54 Å². The summed E-state index contributed by atoms with van der Waals surface area (Å²) in [7, 11) is 2.16. The molecule has 1 amide bonds. The largest absolute Gasteiger partial charge is 0.369 e. The molecule has 0 unspecified atom stereocenters. The van der Waals surface area contributed by atoms with E-state index in [0.29, 0.717) is 0 Å². The number of amides is 1. The van der Waals surface area contributed by atoms with Crippen molar-refractivity contribution < 1.29 is 4.79 Å². The van der Waals surface area contributed by atoms with Crippen molar-refractivity contribution in [2.24, 2.45) is 0 Å². The Morgan fingerprint density at radius 1 is 1.03 bits per heavy atom. The zero-order valence-corrected chi connectivity index (χ0v) is 18.8. The fourth-order valence-corrected chi connectivity index (χ4v) is 5.71. The van der Waals surface area contributed by atoms with Gasteiger partial charge in [0.05, 0.1) is 5.54 Å². The number of aryl methyl sites for hydroxylation is 2. The first kappa shape index (κ1) is 19.6. The Morgan fingerprint density at radius 2 is 1.80 bits per heavy atom. The van der Waals surface area contributed by atoms with Crippen LogP contribution >= 0.6 is 11.3 Å². The highest BCUT2D eigenvalue weighted by molar-refractivity contribution is 7.17. The van der Waals surface area contributed by atoms with Gasteiger partial charge in [0, 0.05) is 42.1 Å². The number of hydrogen-bond acceptors (Lipinski definition) is 4. The monoisotopic (exact) mass is 419 g/mol. The van der Waals surface area contributed by atoms with Crippen LogP contribution in [0.5, 0.6) is 0 Å². The molecule has 3 aromatic rings. The molecule has 5 heteroatoms. The van der Waals surface area contributed by atoms with Crippen LogP contribution in [0.1, 0.15) is 39.9 Å². The Kier molecular flexibility index (Phi) is 4.83. The zero-order chi connectivity index (χ0) is 20.9. The molecule has 156 valence electrons. The van der Waals surface area contributed by atoms with E-state index < -0.39 is 0 Å². The van der Waals surface area contributed by atoms with Crippen LogP contribution < -0.4 is 10.2 Å². The van der Waals surface area contributed by atoms with Crippen molar-refractivity contribution in [3.63, 3.8) is 0 Å². The Morgan fingerprint density at radius 3 is 2.53 bits per heavy atom. The molecule has 4 nitrogen and oxygen atoms in total. The number of thiophene rings is 1. The van der Waals surface area contributed by atoms with Gasteiger partial charge in [-0.1, -0.05) is 24.3 Å². The third kappa shape index (κ3) is 3.40. The molecule has 1 aromatic heterocycles. The summed E-state index contributed by atoms with van der Waals surface area (Å²) in [5.74, 6) is 0.0491. The number of piperazine rings is 1. The molecule has 1 saturated carbocycles. The molecular formula is C25H29N3OS. The minimum absolute atomic E-state index is 0.0491. The predicted molar refractivity (Wildman–Crippen MR) is 126 cm³/mol. The van der Waals surface area contributed by atoms with E-state index in [-0.39, 0.29) is 11.4 Å². The predicted octanol–water partition coefficient (Wildman–Crippen LogP) is 4.69. The van der Waals surface area contributed by atoms with Crippen molar-refractivity contribution >= 4 is 33.0 Å². The van der Waals surface area contributed by atoms with Crippen LogP contribution in [0.4, 0.5) is 5.69 Å². The van der Waals surface area contributed by atoms with Gasteiger partial charge in [0.1, 0.15) is 0 Å². The number of benzene rings is 2. The Labute approximate surface area is 182 Å². The van der Waals surface area contributed by atoms with Gasteiger partial charge in [-0.25, -0.2) is 0 Å². The van der Waals surface area contributed by atoms with E-state index >= 15 is 0 Å². The molecule has 2 aliphatic rings. The molecule has 5 rings (SSSR count). The number of hydrogen-bond donors (Lipinski definition) is 1. The molecular weight excluding hydrogens is 390 g/mol. The maximum Gasteiger partial charge on any atom is 0.252 e. The number of fused-ring (bicyclic) bond motifs is 1. The summed E-state index contributed by atoms with van der Waals surface area (Å²) in [4.78, 5) is 18.1. The molecule has 0 atom stereocenters. The number of rotatable bonds is 4. The van der Waals surface area contributed by atoms with Crippen LogP contribution in [0, 0.1) is 13.8 Å². The molecule has 0 spiro atoms. The fraction of sp³-hybridized carbons (Fsp3) is 0.400. The van der Waals surface area contributed by atoms with Crippen LogP contribution in [0.15, 0.2) is 41.8 Å². The first-order valence-electron chi connectivity index (χ1n) is 10.8. The molecule has 1 N–H and O–H groups in total. The fourth-order valence-electron chi connectivity index (χ4n) is 4.56. The van der Waals surface area contributed by atoms with E-state index in [1.165, 1.54) is 21.2 Å². The van der Waals surface area contributed by atoms with E-state index in [9.17, 15) is 4.79 Å². The number of anilines is 1. The van der Waals surface area contributed by atoms with Gasteiger partial charge in [-0.2, -0.15) is 0 Å². The molecule has 2 heterocycles. The molecule has 2 aromatic carbocycles. The number of likely N-dealkylation sites (N-methyl/N-ethyl adjacent to an activating group) is 1. The van der Waals surface area contributed by atoms with Crippen LogP contribution in [0.25, 0.3) is 10.1 Å². The zero-order valence-electron chi connectivity index (χ0n) is 18.0. The van der Waals surface area contributed by atoms with Crippen molar-refractivity contribution in [2.45, 2.75) is 32.2 Å². The first-order valence-corrected chi connectivity index (χ1v) is 11.7. The van der Waals surface area contributed by atoms with E-state index in [0.717, 1.165) is 55.8 Å². The highest BCUT2D eigenvalue weighted by Crippen LogP contribution is 2.50.